The van der Waals surface area contributed by atoms with Gasteiger partial charge in [0.05, 0.1) is 6.10 Å². The molecule has 1 aromatic rings. The Balaban J connectivity index is 2.34. The van der Waals surface area contributed by atoms with Crippen molar-refractivity contribution in [2.45, 2.75) is 38.3 Å². The van der Waals surface area contributed by atoms with Crippen LogP contribution in [-0.4, -0.2) is 24.3 Å². The molecule has 0 unspecified atom stereocenters. The van der Waals surface area contributed by atoms with E-state index in [4.69, 9.17) is 0 Å². The molecule has 1 rings (SSSR count). The van der Waals surface area contributed by atoms with E-state index < -0.39 is 0 Å². The van der Waals surface area contributed by atoms with Crippen molar-refractivity contribution < 1.29 is 5.11 Å². The van der Waals surface area contributed by atoms with E-state index >= 15 is 0 Å². The molecule has 0 spiro atoms. The Morgan fingerprint density at radius 1 is 1.27 bits per heavy atom. The van der Waals surface area contributed by atoms with Crippen LogP contribution >= 0.6 is 0 Å². The predicted molar refractivity (Wildman–Crippen MR) is 63.9 cm³/mol. The average molecular weight is 207 g/mol. The minimum Gasteiger partial charge on any atom is -0.393 e. The maximum absolute atomic E-state index is 9.31. The smallest absolute Gasteiger partial charge is 0.0526 e. The molecule has 0 aliphatic heterocycles. The van der Waals surface area contributed by atoms with Gasteiger partial charge in [-0.25, -0.2) is 0 Å². The van der Waals surface area contributed by atoms with Crippen molar-refractivity contribution in [3.05, 3.63) is 35.9 Å². The zero-order valence-corrected chi connectivity index (χ0v) is 9.61. The summed E-state index contributed by atoms with van der Waals surface area (Å²) in [7, 11) is 1.96. The molecule has 0 radical (unpaired) electrons. The third-order valence-corrected chi connectivity index (χ3v) is 2.66. The summed E-state index contributed by atoms with van der Waals surface area (Å²) >= 11 is 0. The minimum atomic E-state index is -0.224. The number of nitrogens with one attached hydrogen (secondary N) is 1. The lowest BCUT2D eigenvalue weighted by molar-refractivity contribution is 0.167. The summed E-state index contributed by atoms with van der Waals surface area (Å²) < 4.78 is 0. The minimum absolute atomic E-state index is 0.224. The normalized spacial score (nSPS) is 14.9. The Morgan fingerprint density at radius 2 is 1.93 bits per heavy atom. The molecule has 0 aliphatic carbocycles. The van der Waals surface area contributed by atoms with E-state index in [9.17, 15) is 5.11 Å². The van der Waals surface area contributed by atoms with Crippen molar-refractivity contribution in [1.29, 1.82) is 0 Å². The standard InChI is InChI=1S/C13H21NO/c1-11(15)10-13(14-2)9-8-12-6-4-3-5-7-12/h3-7,11,13-15H,8-10H2,1-2H3/t11-,13+/m1/s1. The molecule has 0 bridgehead atoms. The molecule has 84 valence electrons. The van der Waals surface area contributed by atoms with Gasteiger partial charge in [0.2, 0.25) is 0 Å². The highest BCUT2D eigenvalue weighted by atomic mass is 16.3. The van der Waals surface area contributed by atoms with E-state index in [0.717, 1.165) is 19.3 Å². The highest BCUT2D eigenvalue weighted by Gasteiger charge is 2.09. The lowest BCUT2D eigenvalue weighted by Crippen LogP contribution is -2.29. The van der Waals surface area contributed by atoms with Crippen molar-refractivity contribution in [3.63, 3.8) is 0 Å². The van der Waals surface area contributed by atoms with Gasteiger partial charge in [0, 0.05) is 6.04 Å². The van der Waals surface area contributed by atoms with Gasteiger partial charge in [-0.2, -0.15) is 0 Å². The molecule has 0 saturated carbocycles. The summed E-state index contributed by atoms with van der Waals surface area (Å²) in [6.07, 6.45) is 2.74. The Bertz CT molecular complexity index is 258. The lowest BCUT2D eigenvalue weighted by atomic mass is 10.0. The second-order valence-electron chi connectivity index (χ2n) is 4.09. The van der Waals surface area contributed by atoms with Crippen LogP contribution in [0.1, 0.15) is 25.3 Å². The summed E-state index contributed by atoms with van der Waals surface area (Å²) in [4.78, 5) is 0. The molecule has 2 atom stereocenters. The second kappa shape index (κ2) is 6.59. The molecule has 0 heterocycles. The van der Waals surface area contributed by atoms with Crippen LogP contribution in [0.5, 0.6) is 0 Å². The number of aryl methyl sites for hydroxylation is 1. The first-order chi connectivity index (χ1) is 7.22. The van der Waals surface area contributed by atoms with Crippen LogP contribution in [0.2, 0.25) is 0 Å². The van der Waals surface area contributed by atoms with Crippen molar-refractivity contribution in [2.24, 2.45) is 0 Å². The van der Waals surface area contributed by atoms with Crippen LogP contribution in [0.15, 0.2) is 30.3 Å². The second-order valence-corrected chi connectivity index (χ2v) is 4.09. The van der Waals surface area contributed by atoms with Crippen LogP contribution in [0.25, 0.3) is 0 Å². The fraction of sp³-hybridized carbons (Fsp3) is 0.538. The quantitative estimate of drug-likeness (QED) is 0.747. The van der Waals surface area contributed by atoms with E-state index in [0.29, 0.717) is 6.04 Å². The third kappa shape index (κ3) is 4.96. The van der Waals surface area contributed by atoms with Gasteiger partial charge in [0.1, 0.15) is 0 Å². The van der Waals surface area contributed by atoms with Crippen molar-refractivity contribution in [1.82, 2.24) is 5.32 Å². The van der Waals surface area contributed by atoms with Gasteiger partial charge < -0.3 is 10.4 Å². The topological polar surface area (TPSA) is 32.3 Å². The fourth-order valence-corrected chi connectivity index (χ4v) is 1.78. The summed E-state index contributed by atoms with van der Waals surface area (Å²) in [6.45, 7) is 1.84. The summed E-state index contributed by atoms with van der Waals surface area (Å²) in [6, 6.07) is 10.9. The van der Waals surface area contributed by atoms with Crippen molar-refractivity contribution in [2.75, 3.05) is 7.05 Å². The van der Waals surface area contributed by atoms with Gasteiger partial charge in [-0.3, -0.25) is 0 Å². The molecule has 0 saturated heterocycles. The summed E-state index contributed by atoms with van der Waals surface area (Å²) in [5.74, 6) is 0. The zero-order chi connectivity index (χ0) is 11.1. The van der Waals surface area contributed by atoms with Crippen molar-refractivity contribution >= 4 is 0 Å². The number of hydrogen-bond donors (Lipinski definition) is 2. The largest absolute Gasteiger partial charge is 0.393 e. The number of aliphatic hydroxyl groups is 1. The average Bonchev–Trinajstić information content (AvgIpc) is 2.25. The Labute approximate surface area is 92.3 Å². The van der Waals surface area contributed by atoms with Gasteiger partial charge in [-0.15, -0.1) is 0 Å². The van der Waals surface area contributed by atoms with Gasteiger partial charge in [0.25, 0.3) is 0 Å². The lowest BCUT2D eigenvalue weighted by Gasteiger charge is -2.17. The monoisotopic (exact) mass is 207 g/mol. The Morgan fingerprint density at radius 3 is 2.47 bits per heavy atom. The third-order valence-electron chi connectivity index (χ3n) is 2.66. The Kier molecular flexibility index (Phi) is 5.37. The Hall–Kier alpha value is -0.860. The molecule has 0 amide bonds. The molecular formula is C13H21NO. The first-order valence-electron chi connectivity index (χ1n) is 5.61. The van der Waals surface area contributed by atoms with Crippen LogP contribution in [0.3, 0.4) is 0 Å². The molecule has 0 aromatic heterocycles. The van der Waals surface area contributed by atoms with Gasteiger partial charge in [-0.05, 0) is 38.8 Å². The van der Waals surface area contributed by atoms with E-state index in [2.05, 4.69) is 29.6 Å². The van der Waals surface area contributed by atoms with Crippen molar-refractivity contribution in [3.8, 4) is 0 Å². The highest BCUT2D eigenvalue weighted by molar-refractivity contribution is 5.14. The van der Waals surface area contributed by atoms with Gasteiger partial charge >= 0.3 is 0 Å². The van der Waals surface area contributed by atoms with Crippen LogP contribution < -0.4 is 5.32 Å². The summed E-state index contributed by atoms with van der Waals surface area (Å²) in [5, 5.41) is 12.6. The molecule has 15 heavy (non-hydrogen) atoms. The maximum atomic E-state index is 9.31. The van der Waals surface area contributed by atoms with Gasteiger partial charge in [0.15, 0.2) is 0 Å². The number of benzene rings is 1. The van der Waals surface area contributed by atoms with E-state index in [1.54, 1.807) is 0 Å². The SMILES string of the molecule is CN[C@@H](CCc1ccccc1)C[C@@H](C)O. The molecule has 2 nitrogen and oxygen atoms in total. The van der Waals surface area contributed by atoms with E-state index in [1.807, 2.05) is 20.0 Å². The molecule has 1 aromatic carbocycles. The van der Waals surface area contributed by atoms with Crippen LogP contribution in [-0.2, 0) is 6.42 Å². The van der Waals surface area contributed by atoms with Crippen LogP contribution in [0.4, 0.5) is 0 Å². The summed E-state index contributed by atoms with van der Waals surface area (Å²) in [5.41, 5.74) is 1.36. The first kappa shape index (κ1) is 12.2. The number of rotatable bonds is 6. The first-order valence-corrected chi connectivity index (χ1v) is 5.61. The van der Waals surface area contributed by atoms with Gasteiger partial charge in [-0.1, -0.05) is 30.3 Å². The molecular weight excluding hydrogens is 186 g/mol. The van der Waals surface area contributed by atoms with E-state index in [1.165, 1.54) is 5.56 Å². The van der Waals surface area contributed by atoms with Crippen LogP contribution in [0, 0.1) is 0 Å². The molecule has 2 N–H and O–H groups in total. The highest BCUT2D eigenvalue weighted by Crippen LogP contribution is 2.08. The molecule has 2 heteroatoms. The number of hydrogen-bond acceptors (Lipinski definition) is 2. The van der Waals surface area contributed by atoms with E-state index in [-0.39, 0.29) is 6.10 Å². The number of aliphatic hydroxyl groups excluding tert-OH is 1. The fourth-order valence-electron chi connectivity index (χ4n) is 1.78. The zero-order valence-electron chi connectivity index (χ0n) is 9.61. The molecule has 0 aliphatic rings. The predicted octanol–water partition coefficient (Wildman–Crippen LogP) is 1.98. The maximum Gasteiger partial charge on any atom is 0.0526 e. The molecule has 0 fully saturated rings.